The van der Waals surface area contributed by atoms with Gasteiger partial charge in [-0.25, -0.2) is 0 Å². The lowest BCUT2D eigenvalue weighted by Crippen LogP contribution is -3.13. The number of fused-ring (bicyclic) bond motifs is 1. The van der Waals surface area contributed by atoms with Gasteiger partial charge >= 0.3 is 0 Å². The van der Waals surface area contributed by atoms with E-state index in [1.807, 2.05) is 11.0 Å². The zero-order valence-electron chi connectivity index (χ0n) is 14.1. The summed E-state index contributed by atoms with van der Waals surface area (Å²) in [5.74, 6) is 0.212. The number of piperazine rings is 1. The van der Waals surface area contributed by atoms with E-state index in [4.69, 9.17) is 0 Å². The minimum atomic E-state index is 0.212. The van der Waals surface area contributed by atoms with Crippen molar-refractivity contribution in [2.45, 2.75) is 25.8 Å². The number of nitrogens with one attached hydrogen (secondary N) is 1. The molecule has 4 rings (SSSR count). The number of rotatable bonds is 3. The summed E-state index contributed by atoms with van der Waals surface area (Å²) in [6, 6.07) is 17.0. The van der Waals surface area contributed by atoms with Gasteiger partial charge in [0.25, 0.3) is 5.91 Å². The number of amides is 1. The Balaban J connectivity index is 1.36. The van der Waals surface area contributed by atoms with Crippen LogP contribution in [0.2, 0.25) is 0 Å². The quantitative estimate of drug-likeness (QED) is 0.915. The Morgan fingerprint density at radius 3 is 2.50 bits per heavy atom. The van der Waals surface area contributed by atoms with Gasteiger partial charge in [0.05, 0.1) is 26.2 Å². The van der Waals surface area contributed by atoms with Crippen LogP contribution < -0.4 is 4.90 Å². The number of carbonyl (C=O) groups is 1. The van der Waals surface area contributed by atoms with Gasteiger partial charge in [-0.15, -0.1) is 0 Å². The molecule has 24 heavy (non-hydrogen) atoms. The lowest BCUT2D eigenvalue weighted by molar-refractivity contribution is -0.917. The number of nitrogens with zero attached hydrogens (tertiary/aromatic N) is 1. The molecule has 0 spiro atoms. The molecule has 0 saturated carbocycles. The Bertz CT molecular complexity index is 718. The second-order valence-corrected chi connectivity index (χ2v) is 7.04. The molecule has 0 bridgehead atoms. The van der Waals surface area contributed by atoms with Crippen LogP contribution in [0.5, 0.6) is 0 Å². The predicted octanol–water partition coefficient (Wildman–Crippen LogP) is 1.72. The van der Waals surface area contributed by atoms with Crippen LogP contribution in [0.1, 0.15) is 33.5 Å². The van der Waals surface area contributed by atoms with Crippen LogP contribution in [0, 0.1) is 0 Å². The molecule has 0 radical (unpaired) electrons. The molecule has 2 aromatic rings. The lowest BCUT2D eigenvalue weighted by Gasteiger charge is -2.32. The van der Waals surface area contributed by atoms with E-state index in [-0.39, 0.29) is 5.91 Å². The van der Waals surface area contributed by atoms with E-state index in [1.54, 1.807) is 4.90 Å². The molecule has 0 aromatic heterocycles. The van der Waals surface area contributed by atoms with Crippen LogP contribution in [0.3, 0.4) is 0 Å². The Morgan fingerprint density at radius 1 is 0.958 bits per heavy atom. The first-order chi connectivity index (χ1) is 11.8. The van der Waals surface area contributed by atoms with Crippen molar-refractivity contribution < 1.29 is 9.69 Å². The van der Waals surface area contributed by atoms with Crippen LogP contribution in [-0.2, 0) is 19.4 Å². The highest BCUT2D eigenvalue weighted by molar-refractivity contribution is 5.94. The first-order valence-electron chi connectivity index (χ1n) is 9.08. The largest absolute Gasteiger partial charge is 0.328 e. The molecular formula is C21H25N2O+. The van der Waals surface area contributed by atoms with Crippen LogP contribution >= 0.6 is 0 Å². The van der Waals surface area contributed by atoms with Crippen LogP contribution in [0.4, 0.5) is 0 Å². The molecule has 124 valence electrons. The van der Waals surface area contributed by atoms with Crippen molar-refractivity contribution in [3.63, 3.8) is 0 Å². The maximum Gasteiger partial charge on any atom is 0.254 e. The number of aryl methyl sites for hydroxylation is 2. The van der Waals surface area contributed by atoms with Gasteiger partial charge in [-0.05, 0) is 42.5 Å². The van der Waals surface area contributed by atoms with Gasteiger partial charge in [-0.3, -0.25) is 4.79 Å². The molecule has 1 N–H and O–H groups in total. The van der Waals surface area contributed by atoms with E-state index in [2.05, 4.69) is 42.5 Å². The minimum Gasteiger partial charge on any atom is -0.328 e. The normalized spacial score (nSPS) is 17.8. The average Bonchev–Trinajstić information content (AvgIpc) is 3.10. The average molecular weight is 321 g/mol. The predicted molar refractivity (Wildman–Crippen MR) is 95.2 cm³/mol. The molecule has 1 aliphatic carbocycles. The lowest BCUT2D eigenvalue weighted by atomic mass is 10.1. The number of quaternary nitrogens is 1. The highest BCUT2D eigenvalue weighted by Crippen LogP contribution is 2.23. The maximum absolute atomic E-state index is 12.8. The summed E-state index contributed by atoms with van der Waals surface area (Å²) in [6.07, 6.45) is 3.53. The first-order valence-corrected chi connectivity index (χ1v) is 9.08. The fourth-order valence-electron chi connectivity index (χ4n) is 3.97. The van der Waals surface area contributed by atoms with Crippen molar-refractivity contribution in [1.29, 1.82) is 0 Å². The van der Waals surface area contributed by atoms with E-state index >= 15 is 0 Å². The molecule has 3 nitrogen and oxygen atoms in total. The van der Waals surface area contributed by atoms with E-state index < -0.39 is 0 Å². The molecule has 1 saturated heterocycles. The molecule has 1 heterocycles. The zero-order chi connectivity index (χ0) is 16.4. The molecular weight excluding hydrogens is 296 g/mol. The van der Waals surface area contributed by atoms with Crippen LogP contribution in [0.25, 0.3) is 0 Å². The van der Waals surface area contributed by atoms with E-state index in [9.17, 15) is 4.79 Å². The number of benzene rings is 2. The minimum absolute atomic E-state index is 0.212. The van der Waals surface area contributed by atoms with E-state index in [1.165, 1.54) is 29.5 Å². The van der Waals surface area contributed by atoms with Crippen LogP contribution in [0.15, 0.2) is 48.5 Å². The SMILES string of the molecule is O=C(c1ccc2c(c1)CCC2)N1CC[NH+](Cc2ccccc2)CC1. The summed E-state index contributed by atoms with van der Waals surface area (Å²) in [5, 5.41) is 0. The third kappa shape index (κ3) is 3.22. The number of carbonyl (C=O) groups excluding carboxylic acids is 1. The maximum atomic E-state index is 12.8. The molecule has 0 atom stereocenters. The van der Waals surface area contributed by atoms with Gasteiger partial charge in [0.15, 0.2) is 0 Å². The summed E-state index contributed by atoms with van der Waals surface area (Å²) >= 11 is 0. The molecule has 3 heteroatoms. The highest BCUT2D eigenvalue weighted by Gasteiger charge is 2.25. The third-order valence-corrected chi connectivity index (χ3v) is 5.40. The van der Waals surface area contributed by atoms with Crippen molar-refractivity contribution in [3.05, 3.63) is 70.8 Å². The summed E-state index contributed by atoms with van der Waals surface area (Å²) in [4.78, 5) is 16.4. The molecule has 1 amide bonds. The van der Waals surface area contributed by atoms with Crippen molar-refractivity contribution in [2.75, 3.05) is 26.2 Å². The molecule has 1 aliphatic heterocycles. The van der Waals surface area contributed by atoms with Crippen molar-refractivity contribution in [1.82, 2.24) is 4.90 Å². The first kappa shape index (κ1) is 15.4. The van der Waals surface area contributed by atoms with Gasteiger partial charge < -0.3 is 9.80 Å². The van der Waals surface area contributed by atoms with E-state index in [0.29, 0.717) is 0 Å². The molecule has 0 unspecified atom stereocenters. The summed E-state index contributed by atoms with van der Waals surface area (Å²) in [7, 11) is 0. The third-order valence-electron chi connectivity index (χ3n) is 5.40. The summed E-state index contributed by atoms with van der Waals surface area (Å²) in [5.41, 5.74) is 5.07. The fourth-order valence-corrected chi connectivity index (χ4v) is 3.97. The Hall–Kier alpha value is -2.13. The molecule has 2 aromatic carbocycles. The molecule has 1 fully saturated rings. The Kier molecular flexibility index (Phi) is 4.35. The highest BCUT2D eigenvalue weighted by atomic mass is 16.2. The zero-order valence-corrected chi connectivity index (χ0v) is 14.1. The van der Waals surface area contributed by atoms with Crippen molar-refractivity contribution in [3.8, 4) is 0 Å². The van der Waals surface area contributed by atoms with Crippen molar-refractivity contribution >= 4 is 5.91 Å². The number of hydrogen-bond acceptors (Lipinski definition) is 1. The van der Waals surface area contributed by atoms with Gasteiger partial charge in [-0.1, -0.05) is 36.4 Å². The standard InChI is InChI=1S/C21H24N2O/c24-21(20-10-9-18-7-4-8-19(18)15-20)23-13-11-22(12-14-23)16-17-5-2-1-3-6-17/h1-3,5-6,9-10,15H,4,7-8,11-14,16H2/p+1. The van der Waals surface area contributed by atoms with Gasteiger partial charge in [-0.2, -0.15) is 0 Å². The topological polar surface area (TPSA) is 24.8 Å². The van der Waals surface area contributed by atoms with Gasteiger partial charge in [0.1, 0.15) is 6.54 Å². The number of hydrogen-bond donors (Lipinski definition) is 1. The Morgan fingerprint density at radius 2 is 1.71 bits per heavy atom. The van der Waals surface area contributed by atoms with Gasteiger partial charge in [0.2, 0.25) is 0 Å². The fraction of sp³-hybridized carbons (Fsp3) is 0.381. The monoisotopic (exact) mass is 321 g/mol. The summed E-state index contributed by atoms with van der Waals surface area (Å²) < 4.78 is 0. The van der Waals surface area contributed by atoms with Gasteiger partial charge in [0, 0.05) is 11.1 Å². The van der Waals surface area contributed by atoms with E-state index in [0.717, 1.165) is 44.7 Å². The van der Waals surface area contributed by atoms with Crippen molar-refractivity contribution in [2.24, 2.45) is 0 Å². The smallest absolute Gasteiger partial charge is 0.254 e. The second kappa shape index (κ2) is 6.78. The summed E-state index contributed by atoms with van der Waals surface area (Å²) in [6.45, 7) is 4.84. The molecule has 2 aliphatic rings. The Labute approximate surface area is 143 Å². The second-order valence-electron chi connectivity index (χ2n) is 7.04. The van der Waals surface area contributed by atoms with Crippen LogP contribution in [-0.4, -0.2) is 37.0 Å².